The Labute approximate surface area is 199 Å². The second-order valence-corrected chi connectivity index (χ2v) is 9.73. The lowest BCUT2D eigenvalue weighted by Crippen LogP contribution is -2.61. The maximum absolute atomic E-state index is 13.3. The van der Waals surface area contributed by atoms with Crippen LogP contribution in [0, 0.1) is 0 Å². The van der Waals surface area contributed by atoms with Crippen LogP contribution in [0.4, 0.5) is 13.2 Å². The molecule has 1 atom stereocenters. The Balaban J connectivity index is 1.84. The van der Waals surface area contributed by atoms with Crippen LogP contribution in [0.2, 0.25) is 0 Å². The van der Waals surface area contributed by atoms with Gasteiger partial charge in [0.05, 0.1) is 16.0 Å². The first-order valence-corrected chi connectivity index (χ1v) is 11.8. The van der Waals surface area contributed by atoms with Gasteiger partial charge in [-0.3, -0.25) is 9.59 Å². The lowest BCUT2D eigenvalue weighted by molar-refractivity contribution is -0.138. The molecule has 1 fully saturated rings. The number of aromatic carboxylic acids is 1. The van der Waals surface area contributed by atoms with Crippen LogP contribution in [0.25, 0.3) is 0 Å². The molecule has 9 nitrogen and oxygen atoms in total. The van der Waals surface area contributed by atoms with Gasteiger partial charge in [-0.05, 0) is 35.9 Å². The molecule has 1 aliphatic rings. The standard InChI is InChI=1S/C22H22F3N3O6S/c1-14(29)27-9-10-28(35(33,34)18-4-2-3-16(11-18)21(31)32)19(13-27)20(30)26-12-15-5-7-17(8-6-15)22(23,24)25/h2-8,11,19H,9-10,12-13H2,1H3,(H,26,30)(H,31,32). The summed E-state index contributed by atoms with van der Waals surface area (Å²) >= 11 is 0. The largest absolute Gasteiger partial charge is 0.478 e. The highest BCUT2D eigenvalue weighted by Gasteiger charge is 2.41. The van der Waals surface area contributed by atoms with Crippen molar-refractivity contribution in [3.63, 3.8) is 0 Å². The fourth-order valence-electron chi connectivity index (χ4n) is 3.60. The number of benzene rings is 2. The van der Waals surface area contributed by atoms with E-state index >= 15 is 0 Å². The molecule has 188 valence electrons. The van der Waals surface area contributed by atoms with E-state index in [1.54, 1.807) is 0 Å². The van der Waals surface area contributed by atoms with Crippen LogP contribution in [-0.2, 0) is 32.3 Å². The predicted octanol–water partition coefficient (Wildman–Crippen LogP) is 1.94. The zero-order valence-electron chi connectivity index (χ0n) is 18.4. The van der Waals surface area contributed by atoms with Gasteiger partial charge >= 0.3 is 12.1 Å². The number of hydrogen-bond acceptors (Lipinski definition) is 5. The predicted molar refractivity (Wildman–Crippen MR) is 117 cm³/mol. The topological polar surface area (TPSA) is 124 Å². The normalized spacial score (nSPS) is 17.1. The summed E-state index contributed by atoms with van der Waals surface area (Å²) in [5.74, 6) is -2.45. The van der Waals surface area contributed by atoms with Crippen LogP contribution in [0.1, 0.15) is 28.4 Å². The first-order chi connectivity index (χ1) is 16.3. The quantitative estimate of drug-likeness (QED) is 0.609. The van der Waals surface area contributed by atoms with Crippen LogP contribution in [0.15, 0.2) is 53.4 Å². The number of alkyl halides is 3. The summed E-state index contributed by atoms with van der Waals surface area (Å²) in [4.78, 5) is 37.1. The van der Waals surface area contributed by atoms with Crippen LogP contribution in [0.5, 0.6) is 0 Å². The minimum absolute atomic E-state index is 0.0237. The molecule has 2 N–H and O–H groups in total. The number of amides is 2. The molecule has 0 aliphatic carbocycles. The van der Waals surface area contributed by atoms with Crippen LogP contribution in [0.3, 0.4) is 0 Å². The molecule has 0 radical (unpaired) electrons. The molecule has 1 aliphatic heterocycles. The van der Waals surface area contributed by atoms with Gasteiger partial charge < -0.3 is 15.3 Å². The number of carbonyl (C=O) groups is 3. The highest BCUT2D eigenvalue weighted by molar-refractivity contribution is 7.89. The third-order valence-corrected chi connectivity index (χ3v) is 7.42. The molecule has 13 heteroatoms. The van der Waals surface area contributed by atoms with E-state index < -0.39 is 39.7 Å². The number of halogens is 3. The molecule has 0 bridgehead atoms. The third kappa shape index (κ3) is 5.98. The van der Waals surface area contributed by atoms with Crippen LogP contribution in [-0.4, -0.2) is 66.2 Å². The summed E-state index contributed by atoms with van der Waals surface area (Å²) in [7, 11) is -4.32. The third-order valence-electron chi connectivity index (χ3n) is 5.51. The molecule has 0 saturated carbocycles. The molecule has 35 heavy (non-hydrogen) atoms. The summed E-state index contributed by atoms with van der Waals surface area (Å²) in [5, 5.41) is 11.7. The van der Waals surface area contributed by atoms with Crippen molar-refractivity contribution in [3.8, 4) is 0 Å². The zero-order chi connectivity index (χ0) is 26.0. The average molecular weight is 513 g/mol. The number of sulfonamides is 1. The first-order valence-electron chi connectivity index (χ1n) is 10.4. The number of piperazine rings is 1. The lowest BCUT2D eigenvalue weighted by Gasteiger charge is -2.39. The van der Waals surface area contributed by atoms with Gasteiger partial charge in [-0.15, -0.1) is 0 Å². The number of nitrogens with zero attached hydrogens (tertiary/aromatic N) is 2. The molecule has 0 spiro atoms. The molecule has 1 heterocycles. The molecule has 2 aromatic rings. The van der Waals surface area contributed by atoms with Crippen molar-refractivity contribution in [3.05, 3.63) is 65.2 Å². The highest BCUT2D eigenvalue weighted by atomic mass is 32.2. The Morgan fingerprint density at radius 2 is 1.74 bits per heavy atom. The van der Waals surface area contributed by atoms with Gasteiger partial charge in [0.25, 0.3) is 0 Å². The second kappa shape index (κ2) is 10.0. The fraction of sp³-hybridized carbons (Fsp3) is 0.318. The zero-order valence-corrected chi connectivity index (χ0v) is 19.3. The van der Waals surface area contributed by atoms with E-state index in [0.717, 1.165) is 22.5 Å². The fourth-order valence-corrected chi connectivity index (χ4v) is 5.21. The summed E-state index contributed by atoms with van der Waals surface area (Å²) < 4.78 is 65.7. The molecular weight excluding hydrogens is 491 g/mol. The van der Waals surface area contributed by atoms with Crippen molar-refractivity contribution in [1.29, 1.82) is 0 Å². The summed E-state index contributed by atoms with van der Waals surface area (Å²) in [6.07, 6.45) is -4.51. The summed E-state index contributed by atoms with van der Waals surface area (Å²) in [6, 6.07) is 7.46. The van der Waals surface area contributed by atoms with Crippen molar-refractivity contribution in [2.45, 2.75) is 30.6 Å². The van der Waals surface area contributed by atoms with E-state index in [4.69, 9.17) is 0 Å². The van der Waals surface area contributed by atoms with Crippen molar-refractivity contribution in [2.75, 3.05) is 19.6 Å². The first kappa shape index (κ1) is 26.2. The summed E-state index contributed by atoms with van der Waals surface area (Å²) in [6.45, 7) is 0.674. The molecule has 1 saturated heterocycles. The van der Waals surface area contributed by atoms with E-state index in [1.807, 2.05) is 0 Å². The molecule has 2 amide bonds. The molecule has 3 rings (SSSR count). The SMILES string of the molecule is CC(=O)N1CCN(S(=O)(=O)c2cccc(C(=O)O)c2)C(C(=O)NCc2ccc(C(F)(F)F)cc2)C1. The Kier molecular flexibility index (Phi) is 7.50. The van der Waals surface area contributed by atoms with Gasteiger partial charge in [0.2, 0.25) is 21.8 Å². The highest BCUT2D eigenvalue weighted by Crippen LogP contribution is 2.29. The van der Waals surface area contributed by atoms with E-state index in [0.29, 0.717) is 5.56 Å². The van der Waals surface area contributed by atoms with Crippen molar-refractivity contribution < 1.29 is 41.1 Å². The number of carboxylic acid groups (broad SMARTS) is 1. The van der Waals surface area contributed by atoms with Gasteiger partial charge in [-0.2, -0.15) is 17.5 Å². The maximum Gasteiger partial charge on any atom is 0.416 e. The Hall–Kier alpha value is -3.45. The van der Waals surface area contributed by atoms with Crippen molar-refractivity contribution in [1.82, 2.24) is 14.5 Å². The second-order valence-electron chi connectivity index (χ2n) is 7.84. The Morgan fingerprint density at radius 3 is 2.31 bits per heavy atom. The molecule has 1 unspecified atom stereocenters. The lowest BCUT2D eigenvalue weighted by atomic mass is 10.1. The average Bonchev–Trinajstić information content (AvgIpc) is 2.81. The van der Waals surface area contributed by atoms with E-state index in [2.05, 4.69) is 5.32 Å². The molecule has 2 aromatic carbocycles. The molecule has 0 aromatic heterocycles. The molecular formula is C22H22F3N3O6S. The van der Waals surface area contributed by atoms with Gasteiger partial charge in [-0.1, -0.05) is 18.2 Å². The minimum atomic E-state index is -4.51. The Morgan fingerprint density at radius 1 is 1.09 bits per heavy atom. The smallest absolute Gasteiger partial charge is 0.416 e. The van der Waals surface area contributed by atoms with E-state index in [9.17, 15) is 41.1 Å². The monoisotopic (exact) mass is 513 g/mol. The summed E-state index contributed by atoms with van der Waals surface area (Å²) in [5.41, 5.74) is -0.747. The van der Waals surface area contributed by atoms with Gasteiger partial charge in [0, 0.05) is 33.1 Å². The number of carbonyl (C=O) groups excluding carboxylic acids is 2. The van der Waals surface area contributed by atoms with Gasteiger partial charge in [-0.25, -0.2) is 13.2 Å². The maximum atomic E-state index is 13.3. The number of carboxylic acids is 1. The minimum Gasteiger partial charge on any atom is -0.478 e. The number of nitrogens with one attached hydrogen (secondary N) is 1. The number of hydrogen-bond donors (Lipinski definition) is 2. The number of rotatable bonds is 6. The van der Waals surface area contributed by atoms with E-state index in [1.165, 1.54) is 42.2 Å². The van der Waals surface area contributed by atoms with Gasteiger partial charge in [0.1, 0.15) is 6.04 Å². The van der Waals surface area contributed by atoms with Crippen molar-refractivity contribution in [2.24, 2.45) is 0 Å². The van der Waals surface area contributed by atoms with Crippen LogP contribution < -0.4 is 5.32 Å². The van der Waals surface area contributed by atoms with Crippen LogP contribution >= 0.6 is 0 Å². The van der Waals surface area contributed by atoms with Gasteiger partial charge in [0.15, 0.2) is 0 Å². The Bertz CT molecular complexity index is 1230. The van der Waals surface area contributed by atoms with Crippen molar-refractivity contribution >= 4 is 27.8 Å². The van der Waals surface area contributed by atoms with E-state index in [-0.39, 0.29) is 42.5 Å².